The normalized spacial score (nSPS) is 24.6. The van der Waals surface area contributed by atoms with Gasteiger partial charge in [-0.2, -0.15) is 11.3 Å². The molecule has 0 aromatic carbocycles. The van der Waals surface area contributed by atoms with E-state index in [1.165, 1.54) is 5.56 Å². The van der Waals surface area contributed by atoms with Crippen LogP contribution in [-0.4, -0.2) is 57.5 Å². The number of carbonyl (C=O) groups is 1. The first-order chi connectivity index (χ1) is 14.7. The molecule has 7 heteroatoms. The number of thiophene rings is 1. The summed E-state index contributed by atoms with van der Waals surface area (Å²) in [6.07, 6.45) is 5.44. The fourth-order valence-electron chi connectivity index (χ4n) is 4.60. The average Bonchev–Trinajstić information content (AvgIpc) is 3.41. The van der Waals surface area contributed by atoms with E-state index in [1.54, 1.807) is 17.5 Å². The van der Waals surface area contributed by atoms with Crippen molar-refractivity contribution in [3.63, 3.8) is 0 Å². The Morgan fingerprint density at radius 2 is 2.13 bits per heavy atom. The number of hydrogen-bond donors (Lipinski definition) is 0. The molecule has 0 saturated carbocycles. The van der Waals surface area contributed by atoms with Crippen LogP contribution in [0, 0.1) is 0 Å². The molecule has 2 fully saturated rings. The lowest BCUT2D eigenvalue weighted by atomic mass is 9.83. The Morgan fingerprint density at radius 1 is 1.17 bits per heavy atom. The number of pyridine rings is 2. The summed E-state index contributed by atoms with van der Waals surface area (Å²) in [7, 11) is 0. The first kappa shape index (κ1) is 19.4. The molecule has 5 heterocycles. The summed E-state index contributed by atoms with van der Waals surface area (Å²) in [5, 5.41) is 4.16. The molecule has 0 bridgehead atoms. The Morgan fingerprint density at radius 3 is 2.90 bits per heavy atom. The highest BCUT2D eigenvalue weighted by molar-refractivity contribution is 7.07. The summed E-state index contributed by atoms with van der Waals surface area (Å²) in [6, 6.07) is 12.0. The predicted molar refractivity (Wildman–Crippen MR) is 115 cm³/mol. The minimum Gasteiger partial charge on any atom is -0.361 e. The fraction of sp³-hybridized carbons (Fsp3) is 0.348. The molecule has 154 valence electrons. The van der Waals surface area contributed by atoms with Crippen molar-refractivity contribution in [1.82, 2.24) is 19.8 Å². The maximum atomic E-state index is 13.8. The van der Waals surface area contributed by atoms with Crippen LogP contribution in [0.2, 0.25) is 0 Å². The van der Waals surface area contributed by atoms with Crippen LogP contribution in [0.5, 0.6) is 0 Å². The van der Waals surface area contributed by atoms with Gasteiger partial charge in [0.05, 0.1) is 12.3 Å². The maximum Gasteiger partial charge on any atom is 0.257 e. The fourth-order valence-corrected chi connectivity index (χ4v) is 5.26. The monoisotopic (exact) mass is 420 g/mol. The molecule has 2 saturated heterocycles. The molecule has 1 spiro atoms. The van der Waals surface area contributed by atoms with Gasteiger partial charge in [0.15, 0.2) is 5.60 Å². The van der Waals surface area contributed by atoms with E-state index in [-0.39, 0.29) is 11.8 Å². The number of carbonyl (C=O) groups excluding carboxylic acids is 1. The van der Waals surface area contributed by atoms with Gasteiger partial charge in [0, 0.05) is 57.2 Å². The number of hydrogen-bond acceptors (Lipinski definition) is 6. The van der Waals surface area contributed by atoms with Crippen molar-refractivity contribution >= 4 is 17.2 Å². The van der Waals surface area contributed by atoms with Gasteiger partial charge in [-0.25, -0.2) is 0 Å². The predicted octanol–water partition coefficient (Wildman–Crippen LogP) is 2.94. The Balaban J connectivity index is 1.45. The number of rotatable bonds is 5. The van der Waals surface area contributed by atoms with Gasteiger partial charge in [-0.3, -0.25) is 19.7 Å². The minimum absolute atomic E-state index is 0.0623. The number of morpholine rings is 1. The van der Waals surface area contributed by atoms with Crippen LogP contribution in [0.15, 0.2) is 65.7 Å². The van der Waals surface area contributed by atoms with E-state index in [1.807, 2.05) is 41.6 Å². The van der Waals surface area contributed by atoms with Crippen LogP contribution >= 0.6 is 11.3 Å². The van der Waals surface area contributed by atoms with Gasteiger partial charge in [0.1, 0.15) is 0 Å². The van der Waals surface area contributed by atoms with Crippen molar-refractivity contribution in [1.29, 1.82) is 0 Å². The van der Waals surface area contributed by atoms with Crippen LogP contribution in [0.3, 0.4) is 0 Å². The van der Waals surface area contributed by atoms with Crippen LogP contribution < -0.4 is 0 Å². The highest BCUT2D eigenvalue weighted by atomic mass is 32.1. The van der Waals surface area contributed by atoms with Crippen LogP contribution in [-0.2, 0) is 22.6 Å². The molecule has 0 N–H and O–H groups in total. The van der Waals surface area contributed by atoms with E-state index < -0.39 is 5.60 Å². The third kappa shape index (κ3) is 3.64. The molecule has 1 amide bonds. The molecule has 0 radical (unpaired) electrons. The topological polar surface area (TPSA) is 58.6 Å². The van der Waals surface area contributed by atoms with Crippen molar-refractivity contribution in [2.45, 2.75) is 24.6 Å². The van der Waals surface area contributed by atoms with Crippen molar-refractivity contribution in [3.8, 4) is 0 Å². The lowest BCUT2D eigenvalue weighted by Crippen LogP contribution is -2.59. The zero-order valence-electron chi connectivity index (χ0n) is 16.7. The van der Waals surface area contributed by atoms with Gasteiger partial charge in [-0.1, -0.05) is 12.1 Å². The van der Waals surface area contributed by atoms with Gasteiger partial charge in [0.25, 0.3) is 5.91 Å². The summed E-state index contributed by atoms with van der Waals surface area (Å²) in [5.41, 5.74) is 2.34. The molecule has 30 heavy (non-hydrogen) atoms. The van der Waals surface area contributed by atoms with Crippen LogP contribution in [0.1, 0.15) is 22.7 Å². The van der Waals surface area contributed by atoms with E-state index in [0.717, 1.165) is 17.8 Å². The minimum atomic E-state index is -0.883. The third-order valence-electron chi connectivity index (χ3n) is 5.98. The van der Waals surface area contributed by atoms with Gasteiger partial charge < -0.3 is 9.64 Å². The van der Waals surface area contributed by atoms with Crippen molar-refractivity contribution in [2.24, 2.45) is 0 Å². The molecular formula is C23H24N4O2S. The number of nitrogens with zero attached hydrogens (tertiary/aromatic N) is 4. The second-order valence-corrected chi connectivity index (χ2v) is 8.71. The smallest absolute Gasteiger partial charge is 0.257 e. The highest BCUT2D eigenvalue weighted by Gasteiger charge is 2.57. The quantitative estimate of drug-likeness (QED) is 0.635. The Bertz CT molecular complexity index is 983. The molecule has 0 unspecified atom stereocenters. The van der Waals surface area contributed by atoms with Crippen LogP contribution in [0.4, 0.5) is 0 Å². The Hall–Kier alpha value is -2.61. The van der Waals surface area contributed by atoms with E-state index >= 15 is 0 Å². The molecule has 3 aromatic heterocycles. The van der Waals surface area contributed by atoms with Crippen molar-refractivity contribution in [2.75, 3.05) is 26.2 Å². The summed E-state index contributed by atoms with van der Waals surface area (Å²) in [5.74, 6) is 0.0185. The summed E-state index contributed by atoms with van der Waals surface area (Å²) < 4.78 is 6.34. The first-order valence-electron chi connectivity index (χ1n) is 10.2. The third-order valence-corrected chi connectivity index (χ3v) is 6.72. The SMILES string of the molecule is O=C1N(Cc2ccsc2)CCO[C@]12CN(Cc1ccccn1)C[C@@H]2c1cccnc1. The van der Waals surface area contributed by atoms with E-state index in [4.69, 9.17) is 4.74 Å². The Kier molecular flexibility index (Phi) is 5.33. The molecule has 2 atom stereocenters. The molecule has 0 aliphatic carbocycles. The van der Waals surface area contributed by atoms with Crippen molar-refractivity contribution in [3.05, 3.63) is 82.6 Å². The van der Waals surface area contributed by atoms with Crippen LogP contribution in [0.25, 0.3) is 0 Å². The maximum absolute atomic E-state index is 13.8. The summed E-state index contributed by atoms with van der Waals surface area (Å²) in [6.45, 7) is 3.79. The summed E-state index contributed by atoms with van der Waals surface area (Å²) in [4.78, 5) is 26.8. The number of ether oxygens (including phenoxy) is 1. The zero-order chi connectivity index (χ0) is 20.4. The second-order valence-electron chi connectivity index (χ2n) is 7.93. The molecule has 5 rings (SSSR count). The second kappa shape index (κ2) is 8.26. The lowest BCUT2D eigenvalue weighted by Gasteiger charge is -2.42. The average molecular weight is 421 g/mol. The Labute approximate surface area is 180 Å². The first-order valence-corrected chi connectivity index (χ1v) is 11.2. The van der Waals surface area contributed by atoms with Gasteiger partial charge >= 0.3 is 0 Å². The number of aromatic nitrogens is 2. The number of likely N-dealkylation sites (tertiary alicyclic amines) is 1. The van der Waals surface area contributed by atoms with E-state index in [0.29, 0.717) is 32.8 Å². The van der Waals surface area contributed by atoms with E-state index in [9.17, 15) is 4.79 Å². The van der Waals surface area contributed by atoms with Gasteiger partial charge in [-0.05, 0) is 46.2 Å². The van der Waals surface area contributed by atoms with Gasteiger partial charge in [0.2, 0.25) is 0 Å². The van der Waals surface area contributed by atoms with Gasteiger partial charge in [-0.15, -0.1) is 0 Å². The summed E-state index contributed by atoms with van der Waals surface area (Å²) >= 11 is 1.66. The zero-order valence-corrected chi connectivity index (χ0v) is 17.5. The van der Waals surface area contributed by atoms with Crippen molar-refractivity contribution < 1.29 is 9.53 Å². The largest absolute Gasteiger partial charge is 0.361 e. The lowest BCUT2D eigenvalue weighted by molar-refractivity contribution is -0.173. The molecular weight excluding hydrogens is 396 g/mol. The molecule has 2 aliphatic heterocycles. The number of amides is 1. The standard InChI is InChI=1S/C23H24N4O2S/c28-22-23(29-10-9-27(22)13-18-6-11-30-16-18)17-26(14-20-5-1-2-8-25-20)15-21(23)19-4-3-7-24-12-19/h1-8,11-12,16,21H,9-10,13-15,17H2/t21-,23+/m1/s1. The molecule has 6 nitrogen and oxygen atoms in total. The molecule has 3 aromatic rings. The highest BCUT2D eigenvalue weighted by Crippen LogP contribution is 2.42. The molecule has 2 aliphatic rings. The van der Waals surface area contributed by atoms with E-state index in [2.05, 4.69) is 37.8 Å².